The molecule has 0 spiro atoms. The molecule has 0 radical (unpaired) electrons. The number of nitrogens with two attached hydrogens (primary N) is 1. The lowest BCUT2D eigenvalue weighted by Crippen LogP contribution is -2.37. The molecule has 68 valence electrons. The molecule has 2 N–H and O–H groups in total. The van der Waals surface area contributed by atoms with E-state index in [1.54, 1.807) is 12.2 Å². The second kappa shape index (κ2) is 2.56. The Morgan fingerprint density at radius 1 is 1.38 bits per heavy atom. The number of fused-ring (bicyclic) bond motifs is 2. The average Bonchev–Trinajstić information content (AvgIpc) is 2.58. The minimum absolute atomic E-state index is 0.0606. The van der Waals surface area contributed by atoms with Crippen LogP contribution in [0.3, 0.4) is 0 Å². The van der Waals surface area contributed by atoms with Crippen LogP contribution in [0.2, 0.25) is 0 Å². The van der Waals surface area contributed by atoms with Crippen molar-refractivity contribution in [2.75, 3.05) is 0 Å². The molecule has 1 fully saturated rings. The minimum atomic E-state index is -0.808. The Balaban J connectivity index is 2.33. The zero-order chi connectivity index (χ0) is 9.59. The third-order valence-corrected chi connectivity index (χ3v) is 2.77. The summed E-state index contributed by atoms with van der Waals surface area (Å²) in [4.78, 5) is 32.4. The van der Waals surface area contributed by atoms with Crippen molar-refractivity contribution in [3.05, 3.63) is 17.1 Å². The van der Waals surface area contributed by atoms with Gasteiger partial charge in [0.1, 0.15) is 5.78 Å². The van der Waals surface area contributed by atoms with Crippen LogP contribution >= 0.6 is 0 Å². The highest BCUT2D eigenvalue weighted by Crippen LogP contribution is 2.40. The van der Waals surface area contributed by atoms with Gasteiger partial charge in [-0.2, -0.15) is 0 Å². The van der Waals surface area contributed by atoms with Crippen molar-refractivity contribution in [1.29, 1.82) is 0 Å². The number of ketones is 1. The molecule has 0 aromatic carbocycles. The Labute approximate surface area is 74.0 Å². The van der Waals surface area contributed by atoms with Crippen LogP contribution in [0, 0.1) is 22.7 Å². The van der Waals surface area contributed by atoms with Gasteiger partial charge < -0.3 is 5.73 Å². The average molecular weight is 180 g/mol. The fourth-order valence-electron chi connectivity index (χ4n) is 2.11. The quantitative estimate of drug-likeness (QED) is 0.439. The van der Waals surface area contributed by atoms with Crippen LogP contribution in [-0.2, 0) is 9.59 Å². The Bertz CT molecular complexity index is 323. The van der Waals surface area contributed by atoms with Crippen molar-refractivity contribution in [1.82, 2.24) is 0 Å². The molecule has 2 aliphatic rings. The SMILES string of the molecule is NC1C2C=CC(C2=O)C1C(=O)N=O. The Morgan fingerprint density at radius 3 is 2.46 bits per heavy atom. The standard InChI is InChI=1S/C8H8N2O3/c9-6-4-2-1-3(7(4)11)5(6)8(12)10-13/h1-6H,9H2. The molecular weight excluding hydrogens is 172 g/mol. The van der Waals surface area contributed by atoms with Gasteiger partial charge >= 0.3 is 0 Å². The van der Waals surface area contributed by atoms with Crippen molar-refractivity contribution < 1.29 is 9.59 Å². The number of rotatable bonds is 1. The first-order chi connectivity index (χ1) is 6.16. The maximum absolute atomic E-state index is 11.4. The van der Waals surface area contributed by atoms with Crippen LogP contribution in [0.25, 0.3) is 0 Å². The van der Waals surface area contributed by atoms with Gasteiger partial charge in [-0.1, -0.05) is 12.2 Å². The van der Waals surface area contributed by atoms with Gasteiger partial charge in [0.2, 0.25) is 0 Å². The van der Waals surface area contributed by atoms with Crippen LogP contribution < -0.4 is 5.73 Å². The Morgan fingerprint density at radius 2 is 2.00 bits per heavy atom. The lowest BCUT2D eigenvalue weighted by Gasteiger charge is -2.18. The highest BCUT2D eigenvalue weighted by Gasteiger charge is 2.53. The number of Topliss-reactive ketones (excluding diaryl/α,β-unsaturated/α-hetero) is 1. The molecule has 0 aromatic rings. The zero-order valence-electron chi connectivity index (χ0n) is 6.71. The molecule has 13 heavy (non-hydrogen) atoms. The number of nitrogens with zero attached hydrogens (tertiary/aromatic N) is 1. The molecule has 5 nitrogen and oxygen atoms in total. The Hall–Kier alpha value is -1.36. The number of carbonyl (C=O) groups is 2. The molecule has 2 bridgehead atoms. The van der Waals surface area contributed by atoms with Crippen LogP contribution in [0.1, 0.15) is 0 Å². The van der Waals surface area contributed by atoms with Crippen molar-refractivity contribution in [3.63, 3.8) is 0 Å². The van der Waals surface area contributed by atoms with E-state index in [0.29, 0.717) is 0 Å². The largest absolute Gasteiger partial charge is 0.326 e. The smallest absolute Gasteiger partial charge is 0.292 e. The molecule has 5 heteroatoms. The predicted molar refractivity (Wildman–Crippen MR) is 43.4 cm³/mol. The first kappa shape index (κ1) is 8.25. The first-order valence-corrected chi connectivity index (χ1v) is 4.01. The second-order valence-corrected chi connectivity index (χ2v) is 3.37. The summed E-state index contributed by atoms with van der Waals surface area (Å²) in [6, 6.07) is -0.562. The monoisotopic (exact) mass is 180 g/mol. The number of hydrogen-bond donors (Lipinski definition) is 1. The van der Waals surface area contributed by atoms with E-state index < -0.39 is 23.8 Å². The third-order valence-electron chi connectivity index (χ3n) is 2.77. The van der Waals surface area contributed by atoms with Gasteiger partial charge in [0.05, 0.1) is 11.8 Å². The molecule has 2 rings (SSSR count). The fourth-order valence-corrected chi connectivity index (χ4v) is 2.11. The lowest BCUT2D eigenvalue weighted by atomic mass is 9.89. The van der Waals surface area contributed by atoms with Crippen molar-refractivity contribution >= 4 is 11.7 Å². The molecule has 0 saturated heterocycles. The second-order valence-electron chi connectivity index (χ2n) is 3.37. The first-order valence-electron chi connectivity index (χ1n) is 4.01. The van der Waals surface area contributed by atoms with Crippen molar-refractivity contribution in [3.8, 4) is 0 Å². The van der Waals surface area contributed by atoms with Gasteiger partial charge in [0.15, 0.2) is 0 Å². The van der Waals surface area contributed by atoms with E-state index in [4.69, 9.17) is 5.73 Å². The molecule has 4 unspecified atom stereocenters. The number of allylic oxidation sites excluding steroid dienone is 1. The summed E-state index contributed by atoms with van der Waals surface area (Å²) in [7, 11) is 0. The zero-order valence-corrected chi connectivity index (χ0v) is 6.71. The molecule has 1 amide bonds. The molecule has 2 aliphatic carbocycles. The topological polar surface area (TPSA) is 89.6 Å². The fraction of sp³-hybridized carbons (Fsp3) is 0.500. The highest BCUT2D eigenvalue weighted by molar-refractivity contribution is 5.99. The summed E-state index contributed by atoms with van der Waals surface area (Å²) >= 11 is 0. The van der Waals surface area contributed by atoms with E-state index >= 15 is 0 Å². The normalized spacial score (nSPS) is 41.2. The van der Waals surface area contributed by atoms with E-state index in [-0.39, 0.29) is 11.7 Å². The molecule has 0 aromatic heterocycles. The molecular formula is C8H8N2O3. The summed E-state index contributed by atoms with van der Waals surface area (Å²) in [5.74, 6) is -2.49. The minimum Gasteiger partial charge on any atom is -0.326 e. The van der Waals surface area contributed by atoms with E-state index in [1.165, 1.54) is 0 Å². The van der Waals surface area contributed by atoms with Crippen molar-refractivity contribution in [2.45, 2.75) is 6.04 Å². The van der Waals surface area contributed by atoms with Crippen LogP contribution in [-0.4, -0.2) is 17.7 Å². The van der Waals surface area contributed by atoms with Crippen LogP contribution in [0.5, 0.6) is 0 Å². The van der Waals surface area contributed by atoms with E-state index in [2.05, 4.69) is 5.18 Å². The molecule has 0 heterocycles. The highest BCUT2D eigenvalue weighted by atomic mass is 16.3. The van der Waals surface area contributed by atoms with Crippen LogP contribution in [0.15, 0.2) is 17.3 Å². The molecule has 4 atom stereocenters. The summed E-state index contributed by atoms with van der Waals surface area (Å²) in [6.07, 6.45) is 3.34. The van der Waals surface area contributed by atoms with Gasteiger partial charge in [0, 0.05) is 17.1 Å². The van der Waals surface area contributed by atoms with E-state index in [1.807, 2.05) is 0 Å². The van der Waals surface area contributed by atoms with Gasteiger partial charge in [0.25, 0.3) is 5.91 Å². The number of amides is 1. The number of nitroso groups, excluding NO2 is 1. The number of carbonyl (C=O) groups excluding carboxylic acids is 2. The van der Waals surface area contributed by atoms with E-state index in [9.17, 15) is 14.5 Å². The van der Waals surface area contributed by atoms with Gasteiger partial charge in [-0.3, -0.25) is 9.59 Å². The van der Waals surface area contributed by atoms with Crippen molar-refractivity contribution in [2.24, 2.45) is 28.7 Å². The third kappa shape index (κ3) is 0.904. The van der Waals surface area contributed by atoms with Gasteiger partial charge in [-0.15, -0.1) is 4.91 Å². The summed E-state index contributed by atoms with van der Waals surface area (Å²) in [5.41, 5.74) is 5.64. The van der Waals surface area contributed by atoms with E-state index in [0.717, 1.165) is 0 Å². The molecule has 0 aliphatic heterocycles. The molecule has 1 saturated carbocycles. The summed E-state index contributed by atoms with van der Waals surface area (Å²) in [5, 5.41) is 2.32. The summed E-state index contributed by atoms with van der Waals surface area (Å²) in [6.45, 7) is 0. The predicted octanol–water partition coefficient (Wildman–Crippen LogP) is -0.392. The van der Waals surface area contributed by atoms with Crippen LogP contribution in [0.4, 0.5) is 0 Å². The lowest BCUT2D eigenvalue weighted by molar-refractivity contribution is -0.126. The van der Waals surface area contributed by atoms with Gasteiger partial charge in [-0.05, 0) is 0 Å². The van der Waals surface area contributed by atoms with Gasteiger partial charge in [-0.25, -0.2) is 0 Å². The number of hydrogen-bond acceptors (Lipinski definition) is 4. The maximum atomic E-state index is 11.4. The Kier molecular flexibility index (Phi) is 1.63. The summed E-state index contributed by atoms with van der Waals surface area (Å²) < 4.78 is 0. The maximum Gasteiger partial charge on any atom is 0.292 e.